The molecule has 0 atom stereocenters. The van der Waals surface area contributed by atoms with Gasteiger partial charge in [0.2, 0.25) is 0 Å². The lowest BCUT2D eigenvalue weighted by atomic mass is 10.2. The molecule has 0 aromatic rings. The van der Waals surface area contributed by atoms with Crippen LogP contribution in [-0.2, 0) is 0 Å². The summed E-state index contributed by atoms with van der Waals surface area (Å²) in [5, 5.41) is 0. The zero-order chi connectivity index (χ0) is 16.1. The van der Waals surface area contributed by atoms with Crippen molar-refractivity contribution in [3.05, 3.63) is 23.8 Å². The van der Waals surface area contributed by atoms with Crippen LogP contribution in [0, 0.1) is 0 Å². The standard InChI is InChI=1S/C7H12.C7H16.C6H14/c1-4-5-6-7(2)3;1-3-5-7-6-4-2;1-3-5-6-4-2/h4-6H,1-3H3;3-7H2,1-2H3;3-6H2,1-2H3/b5-4-;;. The quantitative estimate of drug-likeness (QED) is 0.311. The minimum absolute atomic E-state index is 1.35. The Balaban J connectivity index is -0.000000218. The van der Waals surface area contributed by atoms with E-state index in [9.17, 15) is 0 Å². The summed E-state index contributed by atoms with van der Waals surface area (Å²) in [5.74, 6) is 0. The maximum atomic E-state index is 2.25. The molecule has 0 bridgehead atoms. The SMILES string of the molecule is C/C=C\C=C(C)C.CCCCCC.CCCCCCC. The van der Waals surface area contributed by atoms with Crippen molar-refractivity contribution in [2.75, 3.05) is 0 Å². The minimum Gasteiger partial charge on any atom is -0.0877 e. The van der Waals surface area contributed by atoms with Crippen molar-refractivity contribution in [1.82, 2.24) is 0 Å². The average Bonchev–Trinajstić information content (AvgIpc) is 2.45. The van der Waals surface area contributed by atoms with Crippen molar-refractivity contribution in [1.29, 1.82) is 0 Å². The van der Waals surface area contributed by atoms with Crippen molar-refractivity contribution >= 4 is 0 Å². The van der Waals surface area contributed by atoms with E-state index >= 15 is 0 Å². The van der Waals surface area contributed by atoms with Gasteiger partial charge in [0, 0.05) is 0 Å². The van der Waals surface area contributed by atoms with Crippen LogP contribution in [-0.4, -0.2) is 0 Å². The third-order valence-corrected chi connectivity index (χ3v) is 2.79. The molecular formula is C20H42. The van der Waals surface area contributed by atoms with Gasteiger partial charge in [-0.3, -0.25) is 0 Å². The van der Waals surface area contributed by atoms with E-state index in [1.807, 2.05) is 19.1 Å². The number of rotatable bonds is 8. The molecule has 0 heterocycles. The number of hydrogen-bond donors (Lipinski definition) is 0. The van der Waals surface area contributed by atoms with E-state index in [-0.39, 0.29) is 0 Å². The van der Waals surface area contributed by atoms with Gasteiger partial charge in [-0.2, -0.15) is 0 Å². The van der Waals surface area contributed by atoms with E-state index < -0.39 is 0 Å². The summed E-state index contributed by atoms with van der Waals surface area (Å²) in [7, 11) is 0. The molecule has 0 saturated heterocycles. The second-order valence-electron chi connectivity index (χ2n) is 5.54. The van der Waals surface area contributed by atoms with Gasteiger partial charge < -0.3 is 0 Å². The summed E-state index contributed by atoms with van der Waals surface area (Å²) in [6, 6.07) is 0. The monoisotopic (exact) mass is 282 g/mol. The van der Waals surface area contributed by atoms with Crippen molar-refractivity contribution < 1.29 is 0 Å². The van der Waals surface area contributed by atoms with Gasteiger partial charge in [0.1, 0.15) is 0 Å². The second-order valence-corrected chi connectivity index (χ2v) is 5.54. The number of unbranched alkanes of at least 4 members (excludes halogenated alkanes) is 7. The highest BCUT2D eigenvalue weighted by molar-refractivity contribution is 5.06. The molecule has 0 aromatic heterocycles. The predicted molar refractivity (Wildman–Crippen MR) is 98.5 cm³/mol. The van der Waals surface area contributed by atoms with Crippen molar-refractivity contribution in [3.63, 3.8) is 0 Å². The predicted octanol–water partition coefficient (Wildman–Crippen LogP) is 8.09. The van der Waals surface area contributed by atoms with E-state index in [2.05, 4.69) is 47.6 Å². The highest BCUT2D eigenvalue weighted by Crippen LogP contribution is 2.00. The largest absolute Gasteiger partial charge is 0.0877 e. The van der Waals surface area contributed by atoms with Crippen LogP contribution in [0.1, 0.15) is 106 Å². The Bertz CT molecular complexity index is 174. The Morgan fingerprint density at radius 3 is 1.20 bits per heavy atom. The maximum Gasteiger partial charge on any atom is -0.0439 e. The number of hydrogen-bond acceptors (Lipinski definition) is 0. The molecular weight excluding hydrogens is 240 g/mol. The summed E-state index contributed by atoms with van der Waals surface area (Å²) < 4.78 is 0. The van der Waals surface area contributed by atoms with Crippen LogP contribution >= 0.6 is 0 Å². The van der Waals surface area contributed by atoms with Crippen LogP contribution in [0.3, 0.4) is 0 Å². The lowest BCUT2D eigenvalue weighted by molar-refractivity contribution is 0.656. The normalized spacial score (nSPS) is 9.35. The molecule has 0 rings (SSSR count). The molecule has 0 saturated carbocycles. The summed E-state index contributed by atoms with van der Waals surface area (Å²) >= 11 is 0. The molecule has 0 aliphatic carbocycles. The first-order chi connectivity index (χ1) is 9.60. The van der Waals surface area contributed by atoms with Crippen LogP contribution in [0.5, 0.6) is 0 Å². The van der Waals surface area contributed by atoms with Crippen LogP contribution in [0.2, 0.25) is 0 Å². The molecule has 0 amide bonds. The Kier molecular flexibility index (Phi) is 33.0. The smallest absolute Gasteiger partial charge is 0.0439 e. The molecule has 0 radical (unpaired) electrons. The van der Waals surface area contributed by atoms with Gasteiger partial charge in [-0.25, -0.2) is 0 Å². The molecule has 0 spiro atoms. The Morgan fingerprint density at radius 1 is 0.650 bits per heavy atom. The summed E-state index contributed by atoms with van der Waals surface area (Å²) in [6.45, 7) is 15.1. The first-order valence-corrected chi connectivity index (χ1v) is 8.86. The van der Waals surface area contributed by atoms with Gasteiger partial charge in [0.15, 0.2) is 0 Å². The van der Waals surface area contributed by atoms with Crippen LogP contribution in [0.4, 0.5) is 0 Å². The molecule has 0 aromatic carbocycles. The first kappa shape index (κ1) is 24.5. The summed E-state index contributed by atoms with van der Waals surface area (Å²) in [5.41, 5.74) is 1.35. The minimum atomic E-state index is 1.35. The molecule has 0 fully saturated rings. The molecule has 20 heavy (non-hydrogen) atoms. The van der Waals surface area contributed by atoms with Gasteiger partial charge in [-0.1, -0.05) is 109 Å². The van der Waals surface area contributed by atoms with Gasteiger partial charge in [-0.05, 0) is 20.8 Å². The molecule has 0 heteroatoms. The van der Waals surface area contributed by atoms with Crippen molar-refractivity contribution in [2.24, 2.45) is 0 Å². The van der Waals surface area contributed by atoms with E-state index in [0.29, 0.717) is 0 Å². The lowest BCUT2D eigenvalue weighted by Gasteiger charge is -1.90. The van der Waals surface area contributed by atoms with E-state index in [4.69, 9.17) is 0 Å². The lowest BCUT2D eigenvalue weighted by Crippen LogP contribution is -1.70. The average molecular weight is 283 g/mol. The van der Waals surface area contributed by atoms with Gasteiger partial charge >= 0.3 is 0 Å². The van der Waals surface area contributed by atoms with Gasteiger partial charge in [0.25, 0.3) is 0 Å². The van der Waals surface area contributed by atoms with Crippen LogP contribution in [0.25, 0.3) is 0 Å². The Labute approximate surface area is 130 Å². The third-order valence-electron chi connectivity index (χ3n) is 2.79. The topological polar surface area (TPSA) is 0 Å². The highest BCUT2D eigenvalue weighted by Gasteiger charge is 1.80. The molecule has 0 nitrogen and oxygen atoms in total. The zero-order valence-corrected chi connectivity index (χ0v) is 15.6. The van der Waals surface area contributed by atoms with Crippen LogP contribution < -0.4 is 0 Å². The fourth-order valence-corrected chi connectivity index (χ4v) is 1.47. The van der Waals surface area contributed by atoms with Crippen molar-refractivity contribution in [2.45, 2.75) is 106 Å². The van der Waals surface area contributed by atoms with E-state index in [1.54, 1.807) is 0 Å². The first-order valence-electron chi connectivity index (χ1n) is 8.86. The zero-order valence-electron chi connectivity index (χ0n) is 15.6. The fourth-order valence-electron chi connectivity index (χ4n) is 1.47. The fraction of sp³-hybridized carbons (Fsp3) is 0.800. The molecule has 0 aliphatic rings. The van der Waals surface area contributed by atoms with Crippen LogP contribution in [0.15, 0.2) is 23.8 Å². The Hall–Kier alpha value is -0.520. The Morgan fingerprint density at radius 2 is 1.00 bits per heavy atom. The summed E-state index contributed by atoms with van der Waals surface area (Å²) in [6.07, 6.45) is 18.7. The highest BCUT2D eigenvalue weighted by atomic mass is 13.9. The maximum absolute atomic E-state index is 2.25. The molecule has 0 unspecified atom stereocenters. The van der Waals surface area contributed by atoms with Crippen molar-refractivity contribution in [3.8, 4) is 0 Å². The third kappa shape index (κ3) is 43.2. The molecule has 0 N–H and O–H groups in total. The van der Waals surface area contributed by atoms with E-state index in [0.717, 1.165) is 0 Å². The number of allylic oxidation sites excluding steroid dienone is 4. The molecule has 0 aliphatic heterocycles. The second kappa shape index (κ2) is 26.9. The van der Waals surface area contributed by atoms with Gasteiger partial charge in [-0.15, -0.1) is 0 Å². The van der Waals surface area contributed by atoms with E-state index in [1.165, 1.54) is 63.4 Å². The molecule has 122 valence electrons. The summed E-state index contributed by atoms with van der Waals surface area (Å²) in [4.78, 5) is 0. The van der Waals surface area contributed by atoms with Gasteiger partial charge in [0.05, 0.1) is 0 Å².